The van der Waals surface area contributed by atoms with Gasteiger partial charge in [0.15, 0.2) is 0 Å². The summed E-state index contributed by atoms with van der Waals surface area (Å²) in [6.07, 6.45) is 0.630. The fraction of sp³-hybridized carbons (Fsp3) is 0.444. The molecule has 0 aliphatic heterocycles. The average molecular weight is 213 g/mol. The fourth-order valence-electron chi connectivity index (χ4n) is 0.618. The van der Waals surface area contributed by atoms with Crippen molar-refractivity contribution in [2.24, 2.45) is 4.99 Å². The van der Waals surface area contributed by atoms with E-state index in [1.54, 1.807) is 6.92 Å². The SMILES string of the molecule is C=C(C)C(=O)OCCCC(=O)N=C=S. The van der Waals surface area contributed by atoms with Gasteiger partial charge in [-0.25, -0.2) is 4.79 Å². The molecule has 0 bridgehead atoms. The Bertz CT molecular complexity index is 276. The summed E-state index contributed by atoms with van der Waals surface area (Å²) in [6.45, 7) is 5.16. The van der Waals surface area contributed by atoms with Crippen LogP contribution in [0, 0.1) is 0 Å². The van der Waals surface area contributed by atoms with Gasteiger partial charge in [-0.1, -0.05) is 6.58 Å². The van der Waals surface area contributed by atoms with Crippen LogP contribution in [0.3, 0.4) is 0 Å². The van der Waals surface area contributed by atoms with E-state index >= 15 is 0 Å². The predicted molar refractivity (Wildman–Crippen MR) is 55.0 cm³/mol. The van der Waals surface area contributed by atoms with E-state index < -0.39 is 5.97 Å². The van der Waals surface area contributed by atoms with Gasteiger partial charge in [0.1, 0.15) is 0 Å². The van der Waals surface area contributed by atoms with Gasteiger partial charge < -0.3 is 4.74 Å². The third kappa shape index (κ3) is 6.22. The fourth-order valence-corrected chi connectivity index (χ4v) is 0.720. The molecule has 0 heterocycles. The maximum Gasteiger partial charge on any atom is 0.333 e. The van der Waals surface area contributed by atoms with Crippen molar-refractivity contribution in [3.63, 3.8) is 0 Å². The zero-order valence-corrected chi connectivity index (χ0v) is 8.73. The first-order chi connectivity index (χ1) is 6.57. The van der Waals surface area contributed by atoms with E-state index in [9.17, 15) is 9.59 Å². The molecule has 76 valence electrons. The summed E-state index contributed by atoms with van der Waals surface area (Å²) in [6, 6.07) is 0. The summed E-state index contributed by atoms with van der Waals surface area (Å²) in [5.74, 6) is -0.804. The molecule has 0 aromatic heterocycles. The third-order valence-corrected chi connectivity index (χ3v) is 1.38. The normalized spacial score (nSPS) is 8.64. The Kier molecular flexibility index (Phi) is 6.45. The maximum atomic E-state index is 10.9. The smallest absolute Gasteiger partial charge is 0.333 e. The first kappa shape index (κ1) is 12.7. The Hall–Kier alpha value is -1.32. The van der Waals surface area contributed by atoms with E-state index in [-0.39, 0.29) is 18.9 Å². The molecule has 0 saturated carbocycles. The number of amides is 1. The minimum Gasteiger partial charge on any atom is -0.462 e. The summed E-state index contributed by atoms with van der Waals surface area (Å²) >= 11 is 4.25. The highest BCUT2D eigenvalue weighted by Gasteiger charge is 2.03. The van der Waals surface area contributed by atoms with Crippen molar-refractivity contribution in [1.29, 1.82) is 0 Å². The van der Waals surface area contributed by atoms with Crippen LogP contribution in [0.15, 0.2) is 17.1 Å². The van der Waals surface area contributed by atoms with Gasteiger partial charge in [0.05, 0.1) is 11.8 Å². The lowest BCUT2D eigenvalue weighted by molar-refractivity contribution is -0.139. The molecule has 0 radical (unpaired) electrons. The molecular formula is C9H11NO3S. The second-order valence-corrected chi connectivity index (χ2v) is 2.80. The molecular weight excluding hydrogens is 202 g/mol. The van der Waals surface area contributed by atoms with E-state index in [0.717, 1.165) is 0 Å². The number of carbonyl (C=O) groups is 2. The second kappa shape index (κ2) is 7.12. The van der Waals surface area contributed by atoms with Gasteiger partial charge in [0.25, 0.3) is 5.91 Å². The number of ether oxygens (including phenoxy) is 1. The first-order valence-electron chi connectivity index (χ1n) is 4.01. The number of rotatable bonds is 5. The maximum absolute atomic E-state index is 10.9. The van der Waals surface area contributed by atoms with Gasteiger partial charge >= 0.3 is 5.97 Å². The number of hydrogen-bond donors (Lipinski definition) is 0. The molecule has 5 heteroatoms. The van der Waals surface area contributed by atoms with Crippen LogP contribution < -0.4 is 0 Å². The number of nitrogens with zero attached hydrogens (tertiary/aromatic N) is 1. The van der Waals surface area contributed by atoms with Gasteiger partial charge in [-0.15, -0.1) is 0 Å². The van der Waals surface area contributed by atoms with E-state index in [2.05, 4.69) is 23.8 Å². The number of carbonyl (C=O) groups excluding carboxylic acids is 2. The van der Waals surface area contributed by atoms with Crippen LogP contribution in [-0.2, 0) is 14.3 Å². The average Bonchev–Trinajstić information content (AvgIpc) is 2.12. The number of thiocarbonyl (C=S) groups is 1. The molecule has 0 fully saturated rings. The lowest BCUT2D eigenvalue weighted by Gasteiger charge is -2.01. The van der Waals surface area contributed by atoms with Crippen molar-refractivity contribution < 1.29 is 14.3 Å². The van der Waals surface area contributed by atoms with Gasteiger partial charge in [-0.3, -0.25) is 4.79 Å². The lowest BCUT2D eigenvalue weighted by Crippen LogP contribution is -2.07. The highest BCUT2D eigenvalue weighted by atomic mass is 32.1. The molecule has 0 rings (SSSR count). The third-order valence-electron chi connectivity index (χ3n) is 1.29. The van der Waals surface area contributed by atoms with E-state index in [1.165, 1.54) is 0 Å². The van der Waals surface area contributed by atoms with Crippen LogP contribution in [0.2, 0.25) is 0 Å². The summed E-state index contributed by atoms with van der Waals surface area (Å²) in [5, 5.41) is 1.97. The summed E-state index contributed by atoms with van der Waals surface area (Å²) < 4.78 is 4.75. The zero-order valence-electron chi connectivity index (χ0n) is 7.91. The Morgan fingerprint density at radius 1 is 1.57 bits per heavy atom. The molecule has 0 spiro atoms. The highest BCUT2D eigenvalue weighted by molar-refractivity contribution is 7.78. The second-order valence-electron chi connectivity index (χ2n) is 2.62. The molecule has 4 nitrogen and oxygen atoms in total. The topological polar surface area (TPSA) is 55.7 Å². The number of esters is 1. The lowest BCUT2D eigenvalue weighted by atomic mass is 10.3. The molecule has 0 unspecified atom stereocenters. The van der Waals surface area contributed by atoms with Crippen molar-refractivity contribution in [1.82, 2.24) is 0 Å². The Morgan fingerprint density at radius 2 is 2.21 bits per heavy atom. The Labute approximate surface area is 87.7 Å². The molecule has 0 aliphatic carbocycles. The molecule has 0 aromatic rings. The summed E-state index contributed by atoms with van der Waals surface area (Å²) in [7, 11) is 0. The standard InChI is InChI=1S/C9H11NO3S/c1-7(2)9(12)13-5-3-4-8(11)10-6-14/h1,3-5H2,2H3. The highest BCUT2D eigenvalue weighted by Crippen LogP contribution is 1.96. The predicted octanol–water partition coefficient (Wildman–Crippen LogP) is 1.52. The molecule has 1 amide bonds. The van der Waals surface area contributed by atoms with E-state index in [0.29, 0.717) is 12.0 Å². The Balaban J connectivity index is 3.57. The molecule has 0 aliphatic rings. The largest absolute Gasteiger partial charge is 0.462 e. The quantitative estimate of drug-likeness (QED) is 0.228. The number of hydrogen-bond acceptors (Lipinski definition) is 4. The minimum absolute atomic E-state index is 0.185. The Morgan fingerprint density at radius 3 is 2.71 bits per heavy atom. The van der Waals surface area contributed by atoms with Crippen molar-refractivity contribution in [2.45, 2.75) is 19.8 Å². The monoisotopic (exact) mass is 213 g/mol. The van der Waals surface area contributed by atoms with Crippen molar-refractivity contribution in [3.05, 3.63) is 12.2 Å². The molecule has 0 aromatic carbocycles. The van der Waals surface area contributed by atoms with Crippen molar-refractivity contribution in [3.8, 4) is 0 Å². The van der Waals surface area contributed by atoms with Crippen LogP contribution in [0.5, 0.6) is 0 Å². The van der Waals surface area contributed by atoms with Crippen LogP contribution >= 0.6 is 12.2 Å². The van der Waals surface area contributed by atoms with Crippen LogP contribution in [0.1, 0.15) is 19.8 Å². The summed E-state index contributed by atoms with van der Waals surface area (Å²) in [5.41, 5.74) is 0.341. The van der Waals surface area contributed by atoms with Crippen molar-refractivity contribution >= 4 is 29.3 Å². The molecule has 0 saturated heterocycles. The molecule has 0 N–H and O–H groups in total. The minimum atomic E-state index is -0.448. The first-order valence-corrected chi connectivity index (χ1v) is 4.42. The van der Waals surface area contributed by atoms with Gasteiger partial charge in [-0.2, -0.15) is 4.99 Å². The number of aliphatic imine (C=N–C) groups is 1. The zero-order chi connectivity index (χ0) is 11.0. The van der Waals surface area contributed by atoms with E-state index in [1.807, 2.05) is 5.16 Å². The molecule has 14 heavy (non-hydrogen) atoms. The number of isothiocyanates is 1. The van der Waals surface area contributed by atoms with Gasteiger partial charge in [0, 0.05) is 12.0 Å². The van der Waals surface area contributed by atoms with E-state index in [4.69, 9.17) is 4.74 Å². The van der Waals surface area contributed by atoms with Crippen molar-refractivity contribution in [2.75, 3.05) is 6.61 Å². The van der Waals surface area contributed by atoms with Crippen LogP contribution in [0.25, 0.3) is 0 Å². The van der Waals surface area contributed by atoms with Gasteiger partial charge in [-0.05, 0) is 25.6 Å². The molecule has 0 atom stereocenters. The summed E-state index contributed by atoms with van der Waals surface area (Å²) in [4.78, 5) is 24.9. The van der Waals surface area contributed by atoms with Gasteiger partial charge in [0.2, 0.25) is 0 Å². The van der Waals surface area contributed by atoms with Crippen LogP contribution in [0.4, 0.5) is 0 Å². The van der Waals surface area contributed by atoms with Crippen LogP contribution in [-0.4, -0.2) is 23.6 Å².